The van der Waals surface area contributed by atoms with Crippen LogP contribution in [0, 0.1) is 17.5 Å². The van der Waals surface area contributed by atoms with E-state index in [4.69, 9.17) is 9.84 Å². The Hall–Kier alpha value is -3.14. The van der Waals surface area contributed by atoms with Gasteiger partial charge in [0.05, 0.1) is 28.9 Å². The van der Waals surface area contributed by atoms with Gasteiger partial charge in [0, 0.05) is 12.1 Å². The predicted molar refractivity (Wildman–Crippen MR) is 93.8 cm³/mol. The summed E-state index contributed by atoms with van der Waals surface area (Å²) in [4.78, 5) is 29.2. The van der Waals surface area contributed by atoms with Crippen LogP contribution < -0.4 is 9.64 Å². The Morgan fingerprint density at radius 3 is 2.71 bits per heavy atom. The number of benzene rings is 2. The number of rotatable bonds is 4. The smallest absolute Gasteiger partial charge is 0.307 e. The van der Waals surface area contributed by atoms with E-state index >= 15 is 0 Å². The average Bonchev–Trinajstić information content (AvgIpc) is 2.99. The van der Waals surface area contributed by atoms with Gasteiger partial charge >= 0.3 is 5.97 Å². The van der Waals surface area contributed by atoms with Crippen LogP contribution in [0.3, 0.4) is 0 Å². The normalized spacial score (nSPS) is 16.2. The van der Waals surface area contributed by atoms with Gasteiger partial charge < -0.3 is 9.84 Å². The Kier molecular flexibility index (Phi) is 4.42. The third-order valence-corrected chi connectivity index (χ3v) is 5.15. The van der Waals surface area contributed by atoms with Crippen LogP contribution in [0.5, 0.6) is 5.75 Å². The molecule has 28 heavy (non-hydrogen) atoms. The van der Waals surface area contributed by atoms with Crippen molar-refractivity contribution < 1.29 is 32.6 Å². The second kappa shape index (κ2) is 6.79. The summed E-state index contributed by atoms with van der Waals surface area (Å²) >= 11 is 1.07. The summed E-state index contributed by atoms with van der Waals surface area (Å²) in [6, 6.07) is 5.52. The first-order valence-corrected chi connectivity index (χ1v) is 8.87. The molecule has 6 nitrogen and oxygen atoms in total. The average molecular weight is 408 g/mol. The summed E-state index contributed by atoms with van der Waals surface area (Å²) in [5.74, 6) is -4.49. The number of nitrogens with zero attached hydrogens (tertiary/aromatic N) is 2. The molecule has 1 unspecified atom stereocenters. The molecular formula is C18H11F3N2O4S. The molecule has 1 aliphatic heterocycles. The maximum absolute atomic E-state index is 13.6. The number of anilines is 1. The number of carbonyl (C=O) groups excluding carboxylic acids is 1. The van der Waals surface area contributed by atoms with Gasteiger partial charge in [0.25, 0.3) is 5.91 Å². The Labute approximate surface area is 159 Å². The zero-order valence-corrected chi connectivity index (χ0v) is 14.8. The van der Waals surface area contributed by atoms with Crippen molar-refractivity contribution in [2.75, 3.05) is 4.90 Å². The van der Waals surface area contributed by atoms with E-state index in [1.165, 1.54) is 11.0 Å². The SMILES string of the molecule is O=C(O)CC1Oc2cc(F)ccc2N(Cc2nc3cc(F)c(F)cc3s2)C1=O. The second-order valence-corrected chi connectivity index (χ2v) is 7.20. The molecule has 0 fully saturated rings. The number of carbonyl (C=O) groups is 2. The van der Waals surface area contributed by atoms with Gasteiger partial charge in [-0.3, -0.25) is 14.5 Å². The molecule has 1 aromatic heterocycles. The Balaban J connectivity index is 1.72. The summed E-state index contributed by atoms with van der Waals surface area (Å²) in [7, 11) is 0. The lowest BCUT2D eigenvalue weighted by atomic mass is 10.1. The van der Waals surface area contributed by atoms with E-state index in [0.29, 0.717) is 9.71 Å². The fourth-order valence-electron chi connectivity index (χ4n) is 2.93. The van der Waals surface area contributed by atoms with Crippen molar-refractivity contribution in [3.05, 3.63) is 52.8 Å². The molecule has 4 rings (SSSR count). The predicted octanol–water partition coefficient (Wildman–Crippen LogP) is 3.48. The van der Waals surface area contributed by atoms with Crippen molar-refractivity contribution in [2.24, 2.45) is 0 Å². The molecule has 2 heterocycles. The van der Waals surface area contributed by atoms with E-state index in [1.807, 2.05) is 0 Å². The van der Waals surface area contributed by atoms with E-state index in [1.54, 1.807) is 0 Å². The summed E-state index contributed by atoms with van der Waals surface area (Å²) in [5, 5.41) is 9.38. The summed E-state index contributed by atoms with van der Waals surface area (Å²) in [6.45, 7) is -0.0838. The number of ether oxygens (including phenoxy) is 1. The first-order chi connectivity index (χ1) is 13.3. The van der Waals surface area contributed by atoms with Gasteiger partial charge in [-0.2, -0.15) is 0 Å². The molecule has 0 aliphatic carbocycles. The number of aliphatic carboxylic acids is 1. The van der Waals surface area contributed by atoms with Crippen molar-refractivity contribution in [1.82, 2.24) is 4.98 Å². The van der Waals surface area contributed by atoms with Crippen LogP contribution >= 0.6 is 11.3 Å². The van der Waals surface area contributed by atoms with Crippen LogP contribution in [-0.4, -0.2) is 28.1 Å². The number of amides is 1. The van der Waals surface area contributed by atoms with Crippen molar-refractivity contribution >= 4 is 39.1 Å². The maximum Gasteiger partial charge on any atom is 0.307 e. The maximum atomic E-state index is 13.6. The minimum Gasteiger partial charge on any atom is -0.481 e. The first-order valence-electron chi connectivity index (χ1n) is 8.05. The van der Waals surface area contributed by atoms with Crippen molar-refractivity contribution in [3.8, 4) is 5.75 Å². The van der Waals surface area contributed by atoms with Gasteiger partial charge in [-0.25, -0.2) is 18.2 Å². The number of halogens is 3. The van der Waals surface area contributed by atoms with Crippen molar-refractivity contribution in [2.45, 2.75) is 19.1 Å². The van der Waals surface area contributed by atoms with Crippen LogP contribution in [-0.2, 0) is 16.1 Å². The number of carboxylic acids is 1. The molecule has 1 N–H and O–H groups in total. The number of thiazole rings is 1. The van der Waals surface area contributed by atoms with Crippen molar-refractivity contribution in [3.63, 3.8) is 0 Å². The van der Waals surface area contributed by atoms with E-state index in [0.717, 1.165) is 35.6 Å². The molecular weight excluding hydrogens is 397 g/mol. The van der Waals surface area contributed by atoms with Crippen LogP contribution in [0.2, 0.25) is 0 Å². The fourth-order valence-corrected chi connectivity index (χ4v) is 3.89. The topological polar surface area (TPSA) is 79.7 Å². The molecule has 10 heteroatoms. The quantitative estimate of drug-likeness (QED) is 0.715. The molecule has 144 valence electrons. The fraction of sp³-hybridized carbons (Fsp3) is 0.167. The largest absolute Gasteiger partial charge is 0.481 e. The second-order valence-electron chi connectivity index (χ2n) is 6.08. The Morgan fingerprint density at radius 1 is 1.21 bits per heavy atom. The number of carboxylic acid groups (broad SMARTS) is 1. The number of aromatic nitrogens is 1. The minimum atomic E-state index is -1.32. The molecule has 1 aliphatic rings. The zero-order chi connectivity index (χ0) is 20.0. The van der Waals surface area contributed by atoms with E-state index in [-0.39, 0.29) is 23.5 Å². The van der Waals surface area contributed by atoms with Crippen LogP contribution in [0.4, 0.5) is 18.9 Å². The molecule has 0 saturated carbocycles. The van der Waals surface area contributed by atoms with Gasteiger partial charge in [0.1, 0.15) is 16.6 Å². The standard InChI is InChI=1S/C18H11F3N2O4S/c19-8-1-2-12-13(3-8)27-14(6-17(24)25)18(26)23(12)7-16-22-11-4-9(20)10(21)5-15(11)28-16/h1-5,14H,6-7H2,(H,24,25). The highest BCUT2D eigenvalue weighted by molar-refractivity contribution is 7.18. The molecule has 0 bridgehead atoms. The van der Waals surface area contributed by atoms with Gasteiger partial charge in [0.15, 0.2) is 17.7 Å². The van der Waals surface area contributed by atoms with E-state index in [9.17, 15) is 22.8 Å². The summed E-state index contributed by atoms with van der Waals surface area (Å²) < 4.78 is 46.2. The third kappa shape index (κ3) is 3.26. The number of fused-ring (bicyclic) bond motifs is 2. The van der Waals surface area contributed by atoms with Crippen LogP contribution in [0.25, 0.3) is 10.2 Å². The van der Waals surface area contributed by atoms with Gasteiger partial charge in [-0.15, -0.1) is 11.3 Å². The van der Waals surface area contributed by atoms with Crippen LogP contribution in [0.1, 0.15) is 11.4 Å². The van der Waals surface area contributed by atoms with Gasteiger partial charge in [-0.05, 0) is 18.2 Å². The summed E-state index contributed by atoms with van der Waals surface area (Å²) in [6.07, 6.45) is -1.92. The van der Waals surface area contributed by atoms with E-state index < -0.39 is 41.9 Å². The molecule has 0 radical (unpaired) electrons. The Bertz CT molecular complexity index is 1080. The number of hydrogen-bond donors (Lipinski definition) is 1. The van der Waals surface area contributed by atoms with Gasteiger partial charge in [-0.1, -0.05) is 0 Å². The lowest BCUT2D eigenvalue weighted by molar-refractivity contribution is -0.142. The van der Waals surface area contributed by atoms with E-state index in [2.05, 4.69) is 4.98 Å². The minimum absolute atomic E-state index is 0.0315. The highest BCUT2D eigenvalue weighted by Crippen LogP contribution is 2.37. The zero-order valence-electron chi connectivity index (χ0n) is 14.0. The molecule has 3 aromatic rings. The molecule has 1 amide bonds. The highest BCUT2D eigenvalue weighted by atomic mass is 32.1. The number of hydrogen-bond acceptors (Lipinski definition) is 5. The van der Waals surface area contributed by atoms with Gasteiger partial charge in [0.2, 0.25) is 0 Å². The summed E-state index contributed by atoms with van der Waals surface area (Å²) in [5.41, 5.74) is 0.491. The Morgan fingerprint density at radius 2 is 1.96 bits per heavy atom. The highest BCUT2D eigenvalue weighted by Gasteiger charge is 2.36. The third-order valence-electron chi connectivity index (χ3n) is 4.15. The lowest BCUT2D eigenvalue weighted by Crippen LogP contribution is -2.46. The first kappa shape index (κ1) is 18.2. The molecule has 0 saturated heterocycles. The van der Waals surface area contributed by atoms with Crippen molar-refractivity contribution in [1.29, 1.82) is 0 Å². The monoisotopic (exact) mass is 408 g/mol. The lowest BCUT2D eigenvalue weighted by Gasteiger charge is -2.33. The van der Waals surface area contributed by atoms with Crippen LogP contribution in [0.15, 0.2) is 30.3 Å². The molecule has 2 aromatic carbocycles. The molecule has 0 spiro atoms. The molecule has 1 atom stereocenters.